The minimum Gasteiger partial charge on any atom is -0.456 e. The first-order chi connectivity index (χ1) is 18.1. The van der Waals surface area contributed by atoms with Gasteiger partial charge < -0.3 is 14.2 Å². The third kappa shape index (κ3) is 5.35. The zero-order valence-electron chi connectivity index (χ0n) is 22.7. The number of rotatable bonds is 9. The van der Waals surface area contributed by atoms with Gasteiger partial charge in [-0.25, -0.2) is 14.7 Å². The fraction of sp³-hybridized carbons (Fsp3) is 0.290. The van der Waals surface area contributed by atoms with E-state index in [-0.39, 0.29) is 23.7 Å². The van der Waals surface area contributed by atoms with Crippen LogP contribution in [0.2, 0.25) is 0 Å². The molecular weight excluding hydrogens is 482 g/mol. The van der Waals surface area contributed by atoms with E-state index in [2.05, 4.69) is 0 Å². The summed E-state index contributed by atoms with van der Waals surface area (Å²) >= 11 is 0. The summed E-state index contributed by atoms with van der Waals surface area (Å²) in [6.45, 7) is 11.6. The number of carbonyl (C=O) groups is 2. The molecule has 1 heterocycles. The van der Waals surface area contributed by atoms with E-state index in [1.165, 1.54) is 5.06 Å². The zero-order valence-corrected chi connectivity index (χ0v) is 22.7. The van der Waals surface area contributed by atoms with Crippen LogP contribution in [-0.2, 0) is 19.1 Å². The van der Waals surface area contributed by atoms with Gasteiger partial charge >= 0.3 is 5.97 Å². The Balaban J connectivity index is 1.78. The first-order valence-corrected chi connectivity index (χ1v) is 12.6. The van der Waals surface area contributed by atoms with Crippen LogP contribution in [0.25, 0.3) is 5.57 Å². The van der Waals surface area contributed by atoms with Gasteiger partial charge in [0, 0.05) is 6.61 Å². The number of ether oxygens (including phenoxy) is 3. The molecule has 3 aromatic carbocycles. The van der Waals surface area contributed by atoms with Crippen molar-refractivity contribution in [3.05, 3.63) is 100 Å². The number of amides is 1. The van der Waals surface area contributed by atoms with Gasteiger partial charge in [0.2, 0.25) is 0 Å². The third-order valence-corrected chi connectivity index (χ3v) is 6.36. The summed E-state index contributed by atoms with van der Waals surface area (Å²) in [5, 5.41) is 1.23. The summed E-state index contributed by atoms with van der Waals surface area (Å²) in [4.78, 5) is 33.2. The molecule has 0 radical (unpaired) electrons. The molecule has 1 aliphatic rings. The van der Waals surface area contributed by atoms with Crippen molar-refractivity contribution in [2.45, 2.75) is 47.1 Å². The smallest absolute Gasteiger partial charge is 0.347 e. The van der Waals surface area contributed by atoms with Crippen LogP contribution in [0.15, 0.2) is 72.5 Å². The number of hydroxylamine groups is 2. The lowest BCUT2D eigenvalue weighted by Gasteiger charge is -2.31. The molecule has 198 valence electrons. The number of benzene rings is 3. The van der Waals surface area contributed by atoms with Gasteiger partial charge in [-0.3, -0.25) is 4.79 Å². The molecule has 4 rings (SSSR count). The molecule has 0 atom stereocenters. The van der Waals surface area contributed by atoms with Crippen molar-refractivity contribution in [1.29, 1.82) is 0 Å². The lowest BCUT2D eigenvalue weighted by atomic mass is 9.91. The number of para-hydroxylation sites is 2. The number of nitrogens with zero attached hydrogens (tertiary/aromatic N) is 1. The van der Waals surface area contributed by atoms with E-state index in [1.54, 1.807) is 50.2 Å². The van der Waals surface area contributed by atoms with Gasteiger partial charge in [0.1, 0.15) is 28.4 Å². The second-order valence-corrected chi connectivity index (χ2v) is 9.68. The largest absolute Gasteiger partial charge is 0.456 e. The van der Waals surface area contributed by atoms with E-state index < -0.39 is 17.4 Å². The Morgan fingerprint density at radius 2 is 1.55 bits per heavy atom. The third-order valence-electron chi connectivity index (χ3n) is 6.36. The van der Waals surface area contributed by atoms with Crippen molar-refractivity contribution in [2.24, 2.45) is 0 Å². The molecule has 0 fully saturated rings. The molecule has 1 aliphatic heterocycles. The lowest BCUT2D eigenvalue weighted by molar-refractivity contribution is -0.242. The van der Waals surface area contributed by atoms with Crippen LogP contribution in [0.4, 0.5) is 0 Å². The Morgan fingerprint density at radius 3 is 2.21 bits per heavy atom. The highest BCUT2D eigenvalue weighted by Gasteiger charge is 2.50. The molecule has 7 nitrogen and oxygen atoms in total. The number of hydrogen-bond acceptors (Lipinski definition) is 6. The molecule has 0 spiro atoms. The van der Waals surface area contributed by atoms with Crippen LogP contribution >= 0.6 is 0 Å². The predicted octanol–water partition coefficient (Wildman–Crippen LogP) is 6.52. The molecule has 0 saturated heterocycles. The van der Waals surface area contributed by atoms with Gasteiger partial charge in [0.25, 0.3) is 5.91 Å². The van der Waals surface area contributed by atoms with Gasteiger partial charge in [-0.1, -0.05) is 48.0 Å². The maximum Gasteiger partial charge on any atom is 0.347 e. The van der Waals surface area contributed by atoms with Gasteiger partial charge in [-0.05, 0) is 82.5 Å². The molecule has 0 bridgehead atoms. The van der Waals surface area contributed by atoms with Crippen LogP contribution in [0, 0.1) is 20.8 Å². The van der Waals surface area contributed by atoms with Gasteiger partial charge in [-0.2, -0.15) is 0 Å². The molecule has 0 saturated carbocycles. The Morgan fingerprint density at radius 1 is 0.921 bits per heavy atom. The molecule has 0 N–H and O–H groups in total. The van der Waals surface area contributed by atoms with Crippen molar-refractivity contribution in [3.63, 3.8) is 0 Å². The van der Waals surface area contributed by atoms with E-state index in [9.17, 15) is 9.59 Å². The normalized spacial score (nSPS) is 14.7. The standard InChI is InChI=1S/C31H33NO6/c1-7-35-19-36-32-29(33)27(26-21(3)17-20(2)18-22(26)4)28(31(32,5)6)38-30(34)24-15-11-12-16-25(24)37-23-13-9-8-10-14-23/h8-18H,7,19H2,1-6H3. The molecule has 1 amide bonds. The Kier molecular flexibility index (Phi) is 7.99. The molecule has 0 unspecified atom stereocenters. The van der Waals surface area contributed by atoms with Crippen molar-refractivity contribution in [1.82, 2.24) is 5.06 Å². The summed E-state index contributed by atoms with van der Waals surface area (Å²) < 4.78 is 17.4. The zero-order chi connectivity index (χ0) is 27.4. The minimum atomic E-state index is -1.10. The van der Waals surface area contributed by atoms with E-state index in [0.29, 0.717) is 23.7 Å². The second kappa shape index (κ2) is 11.2. The highest BCUT2D eigenvalue weighted by atomic mass is 16.8. The SMILES string of the molecule is CCOCON1C(=O)C(c2c(C)cc(C)cc2C)=C(OC(=O)c2ccccc2Oc2ccccc2)C1(C)C. The quantitative estimate of drug-likeness (QED) is 0.184. The Bertz CT molecular complexity index is 1350. The summed E-state index contributed by atoms with van der Waals surface area (Å²) in [5.74, 6) is 0.0967. The van der Waals surface area contributed by atoms with E-state index in [1.807, 2.05) is 58.0 Å². The number of carbonyl (C=O) groups excluding carboxylic acids is 2. The average Bonchev–Trinajstić information content (AvgIpc) is 3.05. The first-order valence-electron chi connectivity index (χ1n) is 12.6. The fourth-order valence-electron chi connectivity index (χ4n) is 4.70. The number of aryl methyl sites for hydroxylation is 3. The highest BCUT2D eigenvalue weighted by molar-refractivity contribution is 6.23. The van der Waals surface area contributed by atoms with E-state index in [4.69, 9.17) is 19.0 Å². The highest BCUT2D eigenvalue weighted by Crippen LogP contribution is 2.43. The number of hydrogen-bond donors (Lipinski definition) is 0. The summed E-state index contributed by atoms with van der Waals surface area (Å²) in [5.41, 5.74) is 3.01. The van der Waals surface area contributed by atoms with Crippen molar-refractivity contribution in [3.8, 4) is 11.5 Å². The first kappa shape index (κ1) is 27.1. The van der Waals surface area contributed by atoms with Gasteiger partial charge in [0.05, 0.1) is 5.57 Å². The van der Waals surface area contributed by atoms with Crippen molar-refractivity contribution >= 4 is 17.4 Å². The maximum absolute atomic E-state index is 13.8. The molecule has 38 heavy (non-hydrogen) atoms. The van der Waals surface area contributed by atoms with Crippen LogP contribution in [0.3, 0.4) is 0 Å². The topological polar surface area (TPSA) is 74.3 Å². The fourth-order valence-corrected chi connectivity index (χ4v) is 4.70. The molecular formula is C31H33NO6. The lowest BCUT2D eigenvalue weighted by Crippen LogP contribution is -2.44. The monoisotopic (exact) mass is 515 g/mol. The Hall–Kier alpha value is -3.94. The summed E-state index contributed by atoms with van der Waals surface area (Å²) in [6.07, 6.45) is 0. The van der Waals surface area contributed by atoms with Crippen LogP contribution in [-0.4, -0.2) is 35.9 Å². The molecule has 0 aromatic heterocycles. The van der Waals surface area contributed by atoms with E-state index >= 15 is 0 Å². The average molecular weight is 516 g/mol. The van der Waals surface area contributed by atoms with Crippen LogP contribution in [0.1, 0.15) is 53.4 Å². The van der Waals surface area contributed by atoms with Gasteiger partial charge in [0.15, 0.2) is 6.79 Å². The van der Waals surface area contributed by atoms with Crippen LogP contribution in [0.5, 0.6) is 11.5 Å². The minimum absolute atomic E-state index is 0.111. The summed E-state index contributed by atoms with van der Waals surface area (Å²) in [6, 6.07) is 20.1. The predicted molar refractivity (Wildman–Crippen MR) is 144 cm³/mol. The summed E-state index contributed by atoms with van der Waals surface area (Å²) in [7, 11) is 0. The molecule has 7 heteroatoms. The van der Waals surface area contributed by atoms with Crippen molar-refractivity contribution < 1.29 is 28.6 Å². The van der Waals surface area contributed by atoms with Crippen LogP contribution < -0.4 is 4.74 Å². The second-order valence-electron chi connectivity index (χ2n) is 9.68. The molecule has 0 aliphatic carbocycles. The number of esters is 1. The van der Waals surface area contributed by atoms with E-state index in [0.717, 1.165) is 16.7 Å². The van der Waals surface area contributed by atoms with Gasteiger partial charge in [-0.15, -0.1) is 0 Å². The maximum atomic E-state index is 13.8. The van der Waals surface area contributed by atoms with Crippen molar-refractivity contribution in [2.75, 3.05) is 13.4 Å². The molecule has 3 aromatic rings. The Labute approximate surface area is 223 Å².